The number of hydrogen-bond acceptors (Lipinski definition) is 3. The third kappa shape index (κ3) is 4.17. The first kappa shape index (κ1) is 13.7. The Hall–Kier alpha value is -1.68. The van der Waals surface area contributed by atoms with Gasteiger partial charge in [-0.3, -0.25) is 0 Å². The lowest BCUT2D eigenvalue weighted by atomic mass is 10.1. The highest BCUT2D eigenvalue weighted by atomic mass is 15.3. The fourth-order valence-corrected chi connectivity index (χ4v) is 2.13. The third-order valence-electron chi connectivity index (χ3n) is 3.12. The normalized spacial score (nSPS) is 12.5. The van der Waals surface area contributed by atoms with Gasteiger partial charge < -0.3 is 5.32 Å². The Morgan fingerprint density at radius 2 is 2.05 bits per heavy atom. The molecule has 0 aliphatic rings. The molecule has 0 spiro atoms. The number of hydrogen-bond donors (Lipinski definition) is 1. The van der Waals surface area contributed by atoms with Gasteiger partial charge in [0.1, 0.15) is 12.2 Å². The lowest BCUT2D eigenvalue weighted by molar-refractivity contribution is 0.497. The van der Waals surface area contributed by atoms with Crippen LogP contribution in [-0.4, -0.2) is 20.8 Å². The van der Waals surface area contributed by atoms with Crippen LogP contribution >= 0.6 is 0 Å². The zero-order valence-electron chi connectivity index (χ0n) is 11.7. The maximum absolute atomic E-state index is 4.30. The Morgan fingerprint density at radius 3 is 2.79 bits per heavy atom. The third-order valence-corrected chi connectivity index (χ3v) is 3.12. The Kier molecular flexibility index (Phi) is 5.10. The van der Waals surface area contributed by atoms with Gasteiger partial charge >= 0.3 is 0 Å². The largest absolute Gasteiger partial charge is 0.307 e. The summed E-state index contributed by atoms with van der Waals surface area (Å²) in [5.74, 6) is 1.02. The molecular weight excluding hydrogens is 236 g/mol. The summed E-state index contributed by atoms with van der Waals surface area (Å²) < 4.78 is 1.97. The average molecular weight is 258 g/mol. The molecule has 0 bridgehead atoms. The predicted octanol–water partition coefficient (Wildman–Crippen LogP) is 2.41. The molecule has 1 aromatic heterocycles. The van der Waals surface area contributed by atoms with Crippen molar-refractivity contribution in [3.63, 3.8) is 0 Å². The lowest BCUT2D eigenvalue weighted by Crippen LogP contribution is -2.29. The molecule has 2 rings (SSSR count). The van der Waals surface area contributed by atoms with Crippen molar-refractivity contribution in [1.29, 1.82) is 0 Å². The summed E-state index contributed by atoms with van der Waals surface area (Å²) in [6.45, 7) is 6.06. The molecule has 0 saturated carbocycles. The van der Waals surface area contributed by atoms with Gasteiger partial charge in [0.25, 0.3) is 0 Å². The van der Waals surface area contributed by atoms with E-state index in [2.05, 4.69) is 59.6 Å². The molecule has 19 heavy (non-hydrogen) atoms. The number of nitrogens with zero attached hydrogens (tertiary/aromatic N) is 3. The molecule has 1 unspecified atom stereocenters. The standard InChI is InChI=1S/C15H22N4/c1-3-9-19-15(17-12-18-19)11-16-13(2)10-14-7-5-4-6-8-14/h4-8,12-13,16H,3,9-11H2,1-2H3. The molecule has 1 heterocycles. The van der Waals surface area contributed by atoms with Crippen molar-refractivity contribution in [1.82, 2.24) is 20.1 Å². The van der Waals surface area contributed by atoms with E-state index in [0.717, 1.165) is 31.8 Å². The molecule has 4 heteroatoms. The highest BCUT2D eigenvalue weighted by Crippen LogP contribution is 2.03. The zero-order chi connectivity index (χ0) is 13.5. The van der Waals surface area contributed by atoms with Crippen molar-refractivity contribution in [2.75, 3.05) is 0 Å². The monoisotopic (exact) mass is 258 g/mol. The minimum absolute atomic E-state index is 0.425. The fraction of sp³-hybridized carbons (Fsp3) is 0.467. The Labute approximate surface area is 114 Å². The highest BCUT2D eigenvalue weighted by Gasteiger charge is 2.07. The van der Waals surface area contributed by atoms with Gasteiger partial charge in [0.15, 0.2) is 0 Å². The molecule has 0 amide bonds. The number of nitrogens with one attached hydrogen (secondary N) is 1. The summed E-state index contributed by atoms with van der Waals surface area (Å²) >= 11 is 0. The quantitative estimate of drug-likeness (QED) is 0.829. The second kappa shape index (κ2) is 7.04. The molecule has 102 valence electrons. The van der Waals surface area contributed by atoms with E-state index in [-0.39, 0.29) is 0 Å². The summed E-state index contributed by atoms with van der Waals surface area (Å²) in [5.41, 5.74) is 1.36. The SMILES string of the molecule is CCCn1ncnc1CNC(C)Cc1ccccc1. The van der Waals surface area contributed by atoms with Gasteiger partial charge in [-0.05, 0) is 25.3 Å². The van der Waals surface area contributed by atoms with Gasteiger partial charge in [0.2, 0.25) is 0 Å². The topological polar surface area (TPSA) is 42.7 Å². The number of benzene rings is 1. The number of rotatable bonds is 7. The van der Waals surface area contributed by atoms with Crippen molar-refractivity contribution in [3.8, 4) is 0 Å². The van der Waals surface area contributed by atoms with Gasteiger partial charge in [-0.15, -0.1) is 0 Å². The van der Waals surface area contributed by atoms with Crippen LogP contribution in [0.15, 0.2) is 36.7 Å². The van der Waals surface area contributed by atoms with Crippen LogP contribution in [0.1, 0.15) is 31.7 Å². The van der Waals surface area contributed by atoms with Crippen molar-refractivity contribution >= 4 is 0 Å². The van der Waals surface area contributed by atoms with Crippen LogP contribution in [0.25, 0.3) is 0 Å². The smallest absolute Gasteiger partial charge is 0.140 e. The maximum Gasteiger partial charge on any atom is 0.140 e. The van der Waals surface area contributed by atoms with Crippen LogP contribution in [0.5, 0.6) is 0 Å². The minimum Gasteiger partial charge on any atom is -0.307 e. The molecule has 0 fully saturated rings. The first-order chi connectivity index (χ1) is 9.29. The van der Waals surface area contributed by atoms with Crippen molar-refractivity contribution in [2.45, 2.75) is 45.8 Å². The van der Waals surface area contributed by atoms with Crippen LogP contribution < -0.4 is 5.32 Å². The van der Waals surface area contributed by atoms with Crippen molar-refractivity contribution in [2.24, 2.45) is 0 Å². The van der Waals surface area contributed by atoms with Gasteiger partial charge in [-0.25, -0.2) is 9.67 Å². The van der Waals surface area contributed by atoms with E-state index in [1.807, 2.05) is 4.68 Å². The molecule has 0 aliphatic heterocycles. The van der Waals surface area contributed by atoms with E-state index < -0.39 is 0 Å². The molecule has 0 saturated heterocycles. The van der Waals surface area contributed by atoms with Crippen LogP contribution in [0.2, 0.25) is 0 Å². The first-order valence-electron chi connectivity index (χ1n) is 6.93. The molecule has 0 radical (unpaired) electrons. The Morgan fingerprint density at radius 1 is 1.26 bits per heavy atom. The summed E-state index contributed by atoms with van der Waals surface area (Å²) in [4.78, 5) is 4.30. The lowest BCUT2D eigenvalue weighted by Gasteiger charge is -2.14. The molecular formula is C15H22N4. The average Bonchev–Trinajstić information content (AvgIpc) is 2.85. The zero-order valence-corrected chi connectivity index (χ0v) is 11.7. The van der Waals surface area contributed by atoms with E-state index in [1.165, 1.54) is 5.56 Å². The number of aromatic nitrogens is 3. The maximum atomic E-state index is 4.30. The van der Waals surface area contributed by atoms with E-state index in [9.17, 15) is 0 Å². The van der Waals surface area contributed by atoms with Crippen molar-refractivity contribution < 1.29 is 0 Å². The predicted molar refractivity (Wildman–Crippen MR) is 76.8 cm³/mol. The summed E-state index contributed by atoms with van der Waals surface area (Å²) in [6, 6.07) is 11.0. The second-order valence-corrected chi connectivity index (χ2v) is 4.87. The van der Waals surface area contributed by atoms with E-state index >= 15 is 0 Å². The van der Waals surface area contributed by atoms with Crippen LogP contribution in [-0.2, 0) is 19.5 Å². The highest BCUT2D eigenvalue weighted by molar-refractivity contribution is 5.15. The first-order valence-corrected chi connectivity index (χ1v) is 6.93. The van der Waals surface area contributed by atoms with Crippen LogP contribution in [0, 0.1) is 0 Å². The molecule has 1 atom stereocenters. The molecule has 4 nitrogen and oxygen atoms in total. The summed E-state index contributed by atoms with van der Waals surface area (Å²) in [7, 11) is 0. The molecule has 2 aromatic rings. The van der Waals surface area contributed by atoms with Gasteiger partial charge in [-0.1, -0.05) is 37.3 Å². The Bertz CT molecular complexity index is 478. The van der Waals surface area contributed by atoms with E-state index in [1.54, 1.807) is 6.33 Å². The summed E-state index contributed by atoms with van der Waals surface area (Å²) in [6.07, 6.45) is 3.74. The minimum atomic E-state index is 0.425. The van der Waals surface area contributed by atoms with Crippen LogP contribution in [0.4, 0.5) is 0 Å². The molecule has 1 aromatic carbocycles. The van der Waals surface area contributed by atoms with Crippen molar-refractivity contribution in [3.05, 3.63) is 48.0 Å². The van der Waals surface area contributed by atoms with Gasteiger partial charge in [-0.2, -0.15) is 5.10 Å². The molecule has 0 aliphatic carbocycles. The van der Waals surface area contributed by atoms with Gasteiger partial charge in [0.05, 0.1) is 6.54 Å². The molecule has 1 N–H and O–H groups in total. The van der Waals surface area contributed by atoms with E-state index in [0.29, 0.717) is 6.04 Å². The second-order valence-electron chi connectivity index (χ2n) is 4.87. The van der Waals surface area contributed by atoms with Gasteiger partial charge in [0, 0.05) is 12.6 Å². The van der Waals surface area contributed by atoms with Crippen LogP contribution in [0.3, 0.4) is 0 Å². The van der Waals surface area contributed by atoms with E-state index in [4.69, 9.17) is 0 Å². The Balaban J connectivity index is 1.83. The summed E-state index contributed by atoms with van der Waals surface area (Å²) in [5, 5.41) is 7.74. The fourth-order valence-electron chi connectivity index (χ4n) is 2.13. The number of aryl methyl sites for hydroxylation is 1.